The molecule has 2 aliphatic rings. The molecule has 0 unspecified atom stereocenters. The molecule has 1 aliphatic heterocycles. The van der Waals surface area contributed by atoms with Crippen LogP contribution in [0.5, 0.6) is 5.75 Å². The first-order chi connectivity index (χ1) is 13.6. The van der Waals surface area contributed by atoms with Crippen LogP contribution in [0.15, 0.2) is 54.6 Å². The predicted octanol–water partition coefficient (Wildman–Crippen LogP) is 4.02. The fraction of sp³-hybridized carbons (Fsp3) is 0.348. The molecule has 2 amide bonds. The van der Waals surface area contributed by atoms with Crippen LogP contribution in [0, 0.1) is 11.8 Å². The van der Waals surface area contributed by atoms with Crippen molar-refractivity contribution in [1.29, 1.82) is 0 Å². The van der Waals surface area contributed by atoms with Crippen LogP contribution in [0.2, 0.25) is 0 Å². The maximum atomic E-state index is 12.7. The smallest absolute Gasteiger partial charge is 0.237 e. The highest BCUT2D eigenvalue weighted by molar-refractivity contribution is 6.22. The second-order valence-corrected chi connectivity index (χ2v) is 7.49. The van der Waals surface area contributed by atoms with Gasteiger partial charge in [0.2, 0.25) is 17.6 Å². The third kappa shape index (κ3) is 3.33. The lowest BCUT2D eigenvalue weighted by molar-refractivity contribution is -0.122. The van der Waals surface area contributed by atoms with E-state index in [-0.39, 0.29) is 29.4 Å². The molecule has 3 atom stereocenters. The summed E-state index contributed by atoms with van der Waals surface area (Å²) in [6, 6.07) is 15.8. The molecule has 0 spiro atoms. The van der Waals surface area contributed by atoms with E-state index in [0.717, 1.165) is 25.7 Å². The average Bonchev–Trinajstić information content (AvgIpc) is 2.99. The summed E-state index contributed by atoms with van der Waals surface area (Å²) >= 11 is 0. The largest absolute Gasteiger partial charge is 0.483 e. The minimum Gasteiger partial charge on any atom is -0.483 e. The Bertz CT molecular complexity index is 867. The van der Waals surface area contributed by atoms with Crippen LogP contribution in [-0.4, -0.2) is 23.7 Å². The summed E-state index contributed by atoms with van der Waals surface area (Å²) in [5.74, 6) is -0.0796. The number of Topliss-reactive ketones (excluding diaryl/α,β-unsaturated/α-hetero) is 1. The predicted molar refractivity (Wildman–Crippen MR) is 105 cm³/mol. The van der Waals surface area contributed by atoms with Crippen LogP contribution in [0.4, 0.5) is 5.69 Å². The number of carbonyl (C=O) groups excluding carboxylic acids is 3. The molecule has 1 heterocycles. The van der Waals surface area contributed by atoms with Crippen molar-refractivity contribution < 1.29 is 19.1 Å². The number of fused-ring (bicyclic) bond motifs is 1. The van der Waals surface area contributed by atoms with Crippen molar-refractivity contribution in [3.05, 3.63) is 60.2 Å². The number of rotatable bonds is 5. The molecule has 28 heavy (non-hydrogen) atoms. The molecule has 5 nitrogen and oxygen atoms in total. The zero-order valence-corrected chi connectivity index (χ0v) is 15.8. The van der Waals surface area contributed by atoms with Crippen LogP contribution >= 0.6 is 0 Å². The molecule has 1 aliphatic carbocycles. The summed E-state index contributed by atoms with van der Waals surface area (Å²) in [7, 11) is 0. The van der Waals surface area contributed by atoms with E-state index in [0.29, 0.717) is 17.0 Å². The molecular formula is C23H23NO4. The Morgan fingerprint density at radius 2 is 1.50 bits per heavy atom. The SMILES string of the molecule is C[C@@H](Oc1ccc(N2C(=O)[C@H]3CCCC[C@@H]3C2=O)cc1)C(=O)c1ccccc1. The first-order valence-corrected chi connectivity index (χ1v) is 9.80. The number of imide groups is 1. The standard InChI is InChI=1S/C23H23NO4/c1-15(21(25)16-7-3-2-4-8-16)28-18-13-11-17(12-14-18)24-22(26)19-9-5-6-10-20(19)23(24)27/h2-4,7-8,11-15,19-20H,5-6,9-10H2,1H3/t15-,19+,20+/m1/s1. The number of ether oxygens (including phenoxy) is 1. The lowest BCUT2D eigenvalue weighted by Gasteiger charge is -2.19. The summed E-state index contributed by atoms with van der Waals surface area (Å²) in [6.45, 7) is 1.71. The van der Waals surface area contributed by atoms with Crippen molar-refractivity contribution in [3.63, 3.8) is 0 Å². The first kappa shape index (κ1) is 18.4. The van der Waals surface area contributed by atoms with E-state index >= 15 is 0 Å². The van der Waals surface area contributed by atoms with Crippen LogP contribution in [-0.2, 0) is 9.59 Å². The summed E-state index contributed by atoms with van der Waals surface area (Å²) in [5.41, 5.74) is 1.17. The fourth-order valence-corrected chi connectivity index (χ4v) is 4.19. The average molecular weight is 377 g/mol. The lowest BCUT2D eigenvalue weighted by Crippen LogP contribution is -2.30. The number of anilines is 1. The molecular weight excluding hydrogens is 354 g/mol. The number of hydrogen-bond donors (Lipinski definition) is 0. The van der Waals surface area contributed by atoms with Gasteiger partial charge in [0, 0.05) is 5.56 Å². The molecule has 1 saturated carbocycles. The topological polar surface area (TPSA) is 63.7 Å². The van der Waals surface area contributed by atoms with Crippen molar-refractivity contribution in [2.45, 2.75) is 38.7 Å². The van der Waals surface area contributed by atoms with Gasteiger partial charge in [0.1, 0.15) is 5.75 Å². The summed E-state index contributed by atoms with van der Waals surface area (Å²) < 4.78 is 5.76. The Balaban J connectivity index is 1.46. The number of ketones is 1. The van der Waals surface area contributed by atoms with Gasteiger partial charge in [0.15, 0.2) is 6.10 Å². The number of amides is 2. The monoisotopic (exact) mass is 377 g/mol. The van der Waals surface area contributed by atoms with Crippen LogP contribution in [0.25, 0.3) is 0 Å². The minimum absolute atomic E-state index is 0.0870. The second kappa shape index (κ2) is 7.58. The Labute approximate surface area is 164 Å². The van der Waals surface area contributed by atoms with Gasteiger partial charge in [0.25, 0.3) is 0 Å². The highest BCUT2D eigenvalue weighted by Gasteiger charge is 2.48. The number of carbonyl (C=O) groups is 3. The van der Waals surface area contributed by atoms with E-state index in [1.54, 1.807) is 43.3 Å². The first-order valence-electron chi connectivity index (χ1n) is 9.80. The highest BCUT2D eigenvalue weighted by Crippen LogP contribution is 2.40. The molecule has 2 aromatic carbocycles. The maximum Gasteiger partial charge on any atom is 0.237 e. The Kier molecular flexibility index (Phi) is 4.99. The van der Waals surface area contributed by atoms with Crippen LogP contribution in [0.3, 0.4) is 0 Å². The summed E-state index contributed by atoms with van der Waals surface area (Å²) in [4.78, 5) is 39.1. The van der Waals surface area contributed by atoms with Gasteiger partial charge in [-0.1, -0.05) is 43.2 Å². The van der Waals surface area contributed by atoms with E-state index in [4.69, 9.17) is 4.74 Å². The normalized spacial score (nSPS) is 22.7. The Morgan fingerprint density at radius 1 is 0.929 bits per heavy atom. The molecule has 5 heteroatoms. The maximum absolute atomic E-state index is 12.7. The number of benzene rings is 2. The molecule has 0 radical (unpaired) electrons. The van der Waals surface area contributed by atoms with Gasteiger partial charge >= 0.3 is 0 Å². The van der Waals surface area contributed by atoms with Gasteiger partial charge in [-0.2, -0.15) is 0 Å². The molecule has 144 valence electrons. The molecule has 0 aromatic heterocycles. The van der Waals surface area contributed by atoms with E-state index in [9.17, 15) is 14.4 Å². The van der Waals surface area contributed by atoms with E-state index in [2.05, 4.69) is 0 Å². The Hall–Kier alpha value is -2.95. The molecule has 4 rings (SSSR count). The van der Waals surface area contributed by atoms with Gasteiger partial charge in [0.05, 0.1) is 17.5 Å². The number of nitrogens with zero attached hydrogens (tertiary/aromatic N) is 1. The third-order valence-corrected chi connectivity index (χ3v) is 5.68. The third-order valence-electron chi connectivity index (χ3n) is 5.68. The van der Waals surface area contributed by atoms with Gasteiger partial charge in [-0.05, 0) is 44.0 Å². The van der Waals surface area contributed by atoms with Crippen LogP contribution < -0.4 is 9.64 Å². The van der Waals surface area contributed by atoms with Crippen molar-refractivity contribution in [2.24, 2.45) is 11.8 Å². The van der Waals surface area contributed by atoms with Crippen molar-refractivity contribution >= 4 is 23.3 Å². The minimum atomic E-state index is -0.633. The zero-order chi connectivity index (χ0) is 19.7. The van der Waals surface area contributed by atoms with E-state index in [1.165, 1.54) is 4.90 Å². The molecule has 0 N–H and O–H groups in total. The fourth-order valence-electron chi connectivity index (χ4n) is 4.19. The van der Waals surface area contributed by atoms with Crippen molar-refractivity contribution in [1.82, 2.24) is 0 Å². The van der Waals surface area contributed by atoms with E-state index in [1.807, 2.05) is 18.2 Å². The molecule has 0 bridgehead atoms. The van der Waals surface area contributed by atoms with Gasteiger partial charge < -0.3 is 4.74 Å². The van der Waals surface area contributed by atoms with Crippen molar-refractivity contribution in [2.75, 3.05) is 4.90 Å². The zero-order valence-electron chi connectivity index (χ0n) is 15.8. The summed E-state index contributed by atoms with van der Waals surface area (Å²) in [5, 5.41) is 0. The van der Waals surface area contributed by atoms with Gasteiger partial charge in [-0.25, -0.2) is 0 Å². The highest BCUT2D eigenvalue weighted by atomic mass is 16.5. The van der Waals surface area contributed by atoms with E-state index < -0.39 is 6.10 Å². The van der Waals surface area contributed by atoms with Gasteiger partial charge in [-0.3, -0.25) is 19.3 Å². The summed E-state index contributed by atoms with van der Waals surface area (Å²) in [6.07, 6.45) is 2.98. The number of hydrogen-bond acceptors (Lipinski definition) is 4. The second-order valence-electron chi connectivity index (χ2n) is 7.49. The molecule has 2 fully saturated rings. The van der Waals surface area contributed by atoms with Gasteiger partial charge in [-0.15, -0.1) is 0 Å². The van der Waals surface area contributed by atoms with Crippen molar-refractivity contribution in [3.8, 4) is 5.75 Å². The molecule has 1 saturated heterocycles. The molecule has 2 aromatic rings. The quantitative estimate of drug-likeness (QED) is 0.583. The Morgan fingerprint density at radius 3 is 2.07 bits per heavy atom. The van der Waals surface area contributed by atoms with Crippen LogP contribution in [0.1, 0.15) is 43.0 Å². The lowest BCUT2D eigenvalue weighted by atomic mass is 9.81.